The van der Waals surface area contributed by atoms with Gasteiger partial charge in [0, 0.05) is 39.0 Å². The first-order valence-electron chi connectivity index (χ1n) is 11.2. The van der Waals surface area contributed by atoms with Gasteiger partial charge in [-0.2, -0.15) is 0 Å². The van der Waals surface area contributed by atoms with Crippen LogP contribution < -0.4 is 14.8 Å². The van der Waals surface area contributed by atoms with E-state index in [0.717, 1.165) is 0 Å². The van der Waals surface area contributed by atoms with Crippen LogP contribution in [0.3, 0.4) is 0 Å². The molecule has 1 saturated heterocycles. The van der Waals surface area contributed by atoms with Crippen molar-refractivity contribution < 1.29 is 38.5 Å². The Morgan fingerprint density at radius 2 is 1.68 bits per heavy atom. The Morgan fingerprint density at radius 1 is 1.03 bits per heavy atom. The molecular formula is C23H31N3O8. The quantitative estimate of drug-likeness (QED) is 0.608. The number of benzene rings is 1. The Kier molecular flexibility index (Phi) is 7.85. The summed E-state index contributed by atoms with van der Waals surface area (Å²) < 4.78 is 15.9. The molecule has 186 valence electrons. The summed E-state index contributed by atoms with van der Waals surface area (Å²) in [5.74, 6) is -0.646. The van der Waals surface area contributed by atoms with Crippen LogP contribution >= 0.6 is 0 Å². The van der Waals surface area contributed by atoms with Crippen LogP contribution in [0.5, 0.6) is 11.5 Å². The summed E-state index contributed by atoms with van der Waals surface area (Å²) in [6.45, 7) is 6.91. The van der Waals surface area contributed by atoms with Gasteiger partial charge in [-0.1, -0.05) is 6.07 Å². The molecule has 3 amide bonds. The minimum absolute atomic E-state index is 0.0147. The van der Waals surface area contributed by atoms with Crippen molar-refractivity contribution in [3.8, 4) is 11.5 Å². The first-order valence-corrected chi connectivity index (χ1v) is 11.2. The number of carboxylic acids is 1. The molecule has 0 bridgehead atoms. The molecule has 34 heavy (non-hydrogen) atoms. The second-order valence-corrected chi connectivity index (χ2v) is 9.18. The molecule has 11 heteroatoms. The SMILES string of the molecule is CC(C)(C)OC(=O)N1CCN(C(=O)CCC(=O)N[C@@H](CC(=O)O)c2ccc3c(c2)OCO3)CC1. The van der Waals surface area contributed by atoms with Crippen LogP contribution in [0.1, 0.15) is 51.6 Å². The van der Waals surface area contributed by atoms with Gasteiger partial charge in [0.2, 0.25) is 18.6 Å². The average Bonchev–Trinajstić information content (AvgIpc) is 3.23. The molecule has 2 aliphatic rings. The number of carbonyl (C=O) groups is 4. The van der Waals surface area contributed by atoms with Crippen molar-refractivity contribution in [1.29, 1.82) is 0 Å². The Hall–Kier alpha value is -3.50. The van der Waals surface area contributed by atoms with Gasteiger partial charge in [-0.05, 0) is 38.5 Å². The zero-order valence-corrected chi connectivity index (χ0v) is 19.7. The average molecular weight is 478 g/mol. The third kappa shape index (κ3) is 7.00. The molecule has 1 atom stereocenters. The predicted molar refractivity (Wildman–Crippen MR) is 119 cm³/mol. The molecule has 2 heterocycles. The molecule has 1 aromatic rings. The normalized spacial score (nSPS) is 16.1. The van der Waals surface area contributed by atoms with E-state index in [-0.39, 0.29) is 32.0 Å². The monoisotopic (exact) mass is 477 g/mol. The van der Waals surface area contributed by atoms with E-state index in [1.165, 1.54) is 0 Å². The fourth-order valence-corrected chi connectivity index (χ4v) is 3.67. The van der Waals surface area contributed by atoms with Crippen molar-refractivity contribution in [2.45, 2.75) is 51.7 Å². The van der Waals surface area contributed by atoms with Gasteiger partial charge in [-0.3, -0.25) is 14.4 Å². The Labute approximate surface area is 197 Å². The lowest BCUT2D eigenvalue weighted by Crippen LogP contribution is -2.51. The van der Waals surface area contributed by atoms with Crippen molar-refractivity contribution >= 4 is 23.9 Å². The van der Waals surface area contributed by atoms with Crippen molar-refractivity contribution in [2.75, 3.05) is 33.0 Å². The van der Waals surface area contributed by atoms with Gasteiger partial charge < -0.3 is 34.4 Å². The summed E-state index contributed by atoms with van der Waals surface area (Å²) in [5.41, 5.74) is -0.0131. The number of aliphatic carboxylic acids is 1. The maximum Gasteiger partial charge on any atom is 0.410 e. The highest BCUT2D eigenvalue weighted by molar-refractivity contribution is 5.84. The molecule has 0 saturated carbocycles. The van der Waals surface area contributed by atoms with Crippen LogP contribution in [0.2, 0.25) is 0 Å². The maximum atomic E-state index is 12.6. The van der Waals surface area contributed by atoms with Gasteiger partial charge in [0.15, 0.2) is 11.5 Å². The van der Waals surface area contributed by atoms with E-state index in [2.05, 4.69) is 5.32 Å². The van der Waals surface area contributed by atoms with Gasteiger partial charge in [0.25, 0.3) is 0 Å². The first kappa shape index (κ1) is 25.1. The van der Waals surface area contributed by atoms with Crippen molar-refractivity contribution in [2.24, 2.45) is 0 Å². The maximum absolute atomic E-state index is 12.6. The van der Waals surface area contributed by atoms with Crippen LogP contribution in [-0.2, 0) is 19.1 Å². The lowest BCUT2D eigenvalue weighted by molar-refractivity contribution is -0.138. The van der Waals surface area contributed by atoms with Crippen LogP contribution in [0.4, 0.5) is 4.79 Å². The van der Waals surface area contributed by atoms with E-state index in [1.807, 2.05) is 0 Å². The van der Waals surface area contributed by atoms with Crippen molar-refractivity contribution in [3.63, 3.8) is 0 Å². The second-order valence-electron chi connectivity index (χ2n) is 9.18. The second kappa shape index (κ2) is 10.6. The number of rotatable bonds is 7. The highest BCUT2D eigenvalue weighted by Crippen LogP contribution is 2.34. The van der Waals surface area contributed by atoms with Crippen LogP contribution in [0.15, 0.2) is 18.2 Å². The third-order valence-corrected chi connectivity index (χ3v) is 5.36. The molecular weight excluding hydrogens is 446 g/mol. The Balaban J connectivity index is 1.48. The number of piperazine rings is 1. The highest BCUT2D eigenvalue weighted by atomic mass is 16.7. The number of carbonyl (C=O) groups excluding carboxylic acids is 3. The van der Waals surface area contributed by atoms with Gasteiger partial charge in [-0.25, -0.2) is 4.79 Å². The lowest BCUT2D eigenvalue weighted by atomic mass is 10.0. The summed E-state index contributed by atoms with van der Waals surface area (Å²) in [6, 6.07) is 4.22. The molecule has 0 radical (unpaired) electrons. The molecule has 0 aliphatic carbocycles. The van der Waals surface area contributed by atoms with Gasteiger partial charge in [-0.15, -0.1) is 0 Å². The predicted octanol–water partition coefficient (Wildman–Crippen LogP) is 1.91. The summed E-state index contributed by atoms with van der Waals surface area (Å²) in [6.07, 6.45) is -0.816. The third-order valence-electron chi connectivity index (χ3n) is 5.36. The topological polar surface area (TPSA) is 135 Å². The number of carboxylic acid groups (broad SMARTS) is 1. The fourth-order valence-electron chi connectivity index (χ4n) is 3.67. The van der Waals surface area contributed by atoms with Gasteiger partial charge in [0.1, 0.15) is 5.60 Å². The number of amides is 3. The minimum atomic E-state index is -1.07. The minimum Gasteiger partial charge on any atom is -0.481 e. The summed E-state index contributed by atoms with van der Waals surface area (Å²) >= 11 is 0. The number of hydrogen-bond donors (Lipinski definition) is 2. The van der Waals surface area contributed by atoms with Crippen LogP contribution in [0, 0.1) is 0 Å². The van der Waals surface area contributed by atoms with Crippen molar-refractivity contribution in [1.82, 2.24) is 15.1 Å². The zero-order chi connectivity index (χ0) is 24.9. The van der Waals surface area contributed by atoms with E-state index < -0.39 is 29.6 Å². The molecule has 1 aromatic carbocycles. The number of nitrogens with zero attached hydrogens (tertiary/aromatic N) is 2. The lowest BCUT2D eigenvalue weighted by Gasteiger charge is -2.35. The molecule has 2 aliphatic heterocycles. The molecule has 2 N–H and O–H groups in total. The summed E-state index contributed by atoms with van der Waals surface area (Å²) in [7, 11) is 0. The van der Waals surface area contributed by atoms with Gasteiger partial charge >= 0.3 is 12.1 Å². The molecule has 3 rings (SSSR count). The molecule has 11 nitrogen and oxygen atoms in total. The van der Waals surface area contributed by atoms with Crippen LogP contribution in [0.25, 0.3) is 0 Å². The highest BCUT2D eigenvalue weighted by Gasteiger charge is 2.28. The van der Waals surface area contributed by atoms with E-state index in [1.54, 1.807) is 48.8 Å². The molecule has 0 unspecified atom stereocenters. The molecule has 1 fully saturated rings. The fraction of sp³-hybridized carbons (Fsp3) is 0.565. The van der Waals surface area contributed by atoms with Crippen molar-refractivity contribution in [3.05, 3.63) is 23.8 Å². The number of nitrogens with one attached hydrogen (secondary N) is 1. The zero-order valence-electron chi connectivity index (χ0n) is 19.7. The Morgan fingerprint density at radius 3 is 2.32 bits per heavy atom. The number of fused-ring (bicyclic) bond motifs is 1. The largest absolute Gasteiger partial charge is 0.481 e. The summed E-state index contributed by atoms with van der Waals surface area (Å²) in [4.78, 5) is 51.7. The number of ether oxygens (including phenoxy) is 3. The number of hydrogen-bond acceptors (Lipinski definition) is 7. The van der Waals surface area contributed by atoms with E-state index in [4.69, 9.17) is 14.2 Å². The van der Waals surface area contributed by atoms with E-state index in [0.29, 0.717) is 43.2 Å². The summed E-state index contributed by atoms with van der Waals surface area (Å²) in [5, 5.41) is 12.0. The van der Waals surface area contributed by atoms with E-state index >= 15 is 0 Å². The first-order chi connectivity index (χ1) is 16.0. The van der Waals surface area contributed by atoms with Crippen LogP contribution in [-0.4, -0.2) is 77.4 Å². The Bertz CT molecular complexity index is 935. The standard InChI is InChI=1S/C23H31N3O8/c1-23(2,3)34-22(31)26-10-8-25(9-11-26)20(28)7-6-19(27)24-16(13-21(29)30)15-4-5-17-18(12-15)33-14-32-17/h4-5,12,16H,6-11,13-14H2,1-3H3,(H,24,27)(H,29,30)/t16-/m0/s1. The van der Waals surface area contributed by atoms with Gasteiger partial charge in [0.05, 0.1) is 12.5 Å². The smallest absolute Gasteiger partial charge is 0.410 e. The molecule has 0 spiro atoms. The molecule has 0 aromatic heterocycles. The van der Waals surface area contributed by atoms with E-state index in [9.17, 15) is 24.3 Å².